The van der Waals surface area contributed by atoms with Gasteiger partial charge in [0, 0.05) is 0 Å². The van der Waals surface area contributed by atoms with Gasteiger partial charge < -0.3 is 14.9 Å². The minimum Gasteiger partial charge on any atom is -0.481 e. The number of carbonyl (C=O) groups is 1. The molecule has 1 fully saturated rings. The van der Waals surface area contributed by atoms with Gasteiger partial charge in [0.05, 0.1) is 25.2 Å². The van der Waals surface area contributed by atoms with Gasteiger partial charge in [-0.25, -0.2) is 0 Å². The summed E-state index contributed by atoms with van der Waals surface area (Å²) in [5, 5.41) is 17.8. The molecule has 94 valence electrons. The molecule has 0 aliphatic heterocycles. The summed E-state index contributed by atoms with van der Waals surface area (Å²) in [5.74, 6) is -0.568. The number of aliphatic hydroxyl groups is 1. The Morgan fingerprint density at radius 3 is 2.75 bits per heavy atom. The van der Waals surface area contributed by atoms with Crippen molar-refractivity contribution in [2.24, 2.45) is 11.8 Å². The SMILES string of the molecule is CCCC1CCC(C(=O)O)C(OCCO)C1. The van der Waals surface area contributed by atoms with Crippen molar-refractivity contribution in [1.29, 1.82) is 0 Å². The summed E-state index contributed by atoms with van der Waals surface area (Å²) >= 11 is 0. The summed E-state index contributed by atoms with van der Waals surface area (Å²) in [7, 11) is 0. The first-order chi connectivity index (χ1) is 7.69. The van der Waals surface area contributed by atoms with Crippen LogP contribution in [0.1, 0.15) is 39.0 Å². The van der Waals surface area contributed by atoms with E-state index in [0.29, 0.717) is 12.3 Å². The number of aliphatic hydroxyl groups excluding tert-OH is 1. The van der Waals surface area contributed by atoms with Crippen LogP contribution in [0.4, 0.5) is 0 Å². The number of carboxylic acid groups (broad SMARTS) is 1. The number of hydrogen-bond acceptors (Lipinski definition) is 3. The quantitative estimate of drug-likeness (QED) is 0.728. The molecule has 3 atom stereocenters. The molecule has 0 aromatic rings. The molecule has 1 aliphatic carbocycles. The largest absolute Gasteiger partial charge is 0.481 e. The van der Waals surface area contributed by atoms with E-state index >= 15 is 0 Å². The fraction of sp³-hybridized carbons (Fsp3) is 0.917. The predicted octanol–water partition coefficient (Wildman–Crippen LogP) is 1.66. The smallest absolute Gasteiger partial charge is 0.309 e. The number of hydrogen-bond donors (Lipinski definition) is 2. The zero-order valence-electron chi connectivity index (χ0n) is 9.89. The lowest BCUT2D eigenvalue weighted by atomic mass is 9.78. The molecule has 16 heavy (non-hydrogen) atoms. The van der Waals surface area contributed by atoms with E-state index in [1.54, 1.807) is 0 Å². The molecule has 0 aromatic carbocycles. The molecule has 1 aliphatic rings. The van der Waals surface area contributed by atoms with E-state index in [4.69, 9.17) is 14.9 Å². The lowest BCUT2D eigenvalue weighted by molar-refractivity contribution is -0.151. The molecule has 0 heterocycles. The van der Waals surface area contributed by atoms with E-state index < -0.39 is 5.97 Å². The number of ether oxygens (including phenoxy) is 1. The van der Waals surface area contributed by atoms with Gasteiger partial charge in [0.1, 0.15) is 0 Å². The highest BCUT2D eigenvalue weighted by Gasteiger charge is 2.35. The van der Waals surface area contributed by atoms with Gasteiger partial charge in [-0.05, 0) is 25.2 Å². The zero-order valence-corrected chi connectivity index (χ0v) is 9.89. The first-order valence-electron chi connectivity index (χ1n) is 6.14. The van der Waals surface area contributed by atoms with Gasteiger partial charge in [-0.2, -0.15) is 0 Å². The van der Waals surface area contributed by atoms with E-state index in [2.05, 4.69) is 6.92 Å². The Morgan fingerprint density at radius 2 is 2.19 bits per heavy atom. The van der Waals surface area contributed by atoms with Crippen molar-refractivity contribution in [1.82, 2.24) is 0 Å². The topological polar surface area (TPSA) is 66.8 Å². The second-order valence-corrected chi connectivity index (χ2v) is 4.55. The van der Waals surface area contributed by atoms with Crippen LogP contribution >= 0.6 is 0 Å². The van der Waals surface area contributed by atoms with Crippen molar-refractivity contribution in [2.45, 2.75) is 45.1 Å². The fourth-order valence-corrected chi connectivity index (χ4v) is 2.55. The molecular weight excluding hydrogens is 208 g/mol. The van der Waals surface area contributed by atoms with Crippen molar-refractivity contribution < 1.29 is 19.7 Å². The monoisotopic (exact) mass is 230 g/mol. The Hall–Kier alpha value is -0.610. The van der Waals surface area contributed by atoms with Gasteiger partial charge in [0.15, 0.2) is 0 Å². The Balaban J connectivity index is 2.50. The summed E-state index contributed by atoms with van der Waals surface area (Å²) in [4.78, 5) is 11.0. The fourth-order valence-electron chi connectivity index (χ4n) is 2.55. The van der Waals surface area contributed by atoms with E-state index in [9.17, 15) is 4.79 Å². The summed E-state index contributed by atoms with van der Waals surface area (Å²) in [6.07, 6.45) is 4.58. The number of carboxylic acids is 1. The number of rotatable bonds is 6. The standard InChI is InChI=1S/C12H22O4/c1-2-3-9-4-5-10(12(14)15)11(8-9)16-7-6-13/h9-11,13H,2-8H2,1H3,(H,14,15). The van der Waals surface area contributed by atoms with Gasteiger partial charge in [-0.15, -0.1) is 0 Å². The molecule has 0 aromatic heterocycles. The van der Waals surface area contributed by atoms with Crippen LogP contribution < -0.4 is 0 Å². The van der Waals surface area contributed by atoms with Gasteiger partial charge in [-0.3, -0.25) is 4.79 Å². The normalized spacial score (nSPS) is 30.2. The number of aliphatic carboxylic acids is 1. The Labute approximate surface area is 96.6 Å². The van der Waals surface area contributed by atoms with E-state index in [1.807, 2.05) is 0 Å². The van der Waals surface area contributed by atoms with Gasteiger partial charge in [0.25, 0.3) is 0 Å². The van der Waals surface area contributed by atoms with Crippen LogP contribution in [0.3, 0.4) is 0 Å². The summed E-state index contributed by atoms with van der Waals surface area (Å²) in [5.41, 5.74) is 0. The Morgan fingerprint density at radius 1 is 1.44 bits per heavy atom. The van der Waals surface area contributed by atoms with E-state index in [1.165, 1.54) is 0 Å². The molecule has 1 saturated carbocycles. The summed E-state index contributed by atoms with van der Waals surface area (Å²) in [6, 6.07) is 0. The maximum atomic E-state index is 11.0. The maximum Gasteiger partial charge on any atom is 0.309 e. The molecule has 0 amide bonds. The molecule has 3 unspecified atom stereocenters. The second kappa shape index (κ2) is 6.86. The first kappa shape index (κ1) is 13.5. The first-order valence-corrected chi connectivity index (χ1v) is 6.14. The molecule has 4 nitrogen and oxygen atoms in total. The minimum absolute atomic E-state index is 0.0404. The highest BCUT2D eigenvalue weighted by atomic mass is 16.5. The van der Waals surface area contributed by atoms with Crippen LogP contribution in [0, 0.1) is 11.8 Å². The Kier molecular flexibility index (Phi) is 5.77. The lowest BCUT2D eigenvalue weighted by Gasteiger charge is -2.33. The van der Waals surface area contributed by atoms with Crippen molar-refractivity contribution in [3.05, 3.63) is 0 Å². The molecule has 0 radical (unpaired) electrons. The molecule has 1 rings (SSSR count). The summed E-state index contributed by atoms with van der Waals surface area (Å²) in [6.45, 7) is 2.35. The van der Waals surface area contributed by atoms with Crippen molar-refractivity contribution in [3.63, 3.8) is 0 Å². The van der Waals surface area contributed by atoms with E-state index in [-0.39, 0.29) is 25.2 Å². The molecule has 0 bridgehead atoms. The van der Waals surface area contributed by atoms with Crippen molar-refractivity contribution in [3.8, 4) is 0 Å². The highest BCUT2D eigenvalue weighted by molar-refractivity contribution is 5.70. The molecule has 0 spiro atoms. The summed E-state index contributed by atoms with van der Waals surface area (Å²) < 4.78 is 5.45. The van der Waals surface area contributed by atoms with Gasteiger partial charge in [-0.1, -0.05) is 19.8 Å². The van der Waals surface area contributed by atoms with Crippen LogP contribution in [0.5, 0.6) is 0 Å². The average molecular weight is 230 g/mol. The molecule has 0 saturated heterocycles. The van der Waals surface area contributed by atoms with Crippen molar-refractivity contribution in [2.75, 3.05) is 13.2 Å². The third-order valence-electron chi connectivity index (χ3n) is 3.34. The van der Waals surface area contributed by atoms with Crippen LogP contribution in [0.25, 0.3) is 0 Å². The van der Waals surface area contributed by atoms with Crippen LogP contribution in [0.15, 0.2) is 0 Å². The van der Waals surface area contributed by atoms with Gasteiger partial charge >= 0.3 is 5.97 Å². The molecular formula is C12H22O4. The van der Waals surface area contributed by atoms with Gasteiger partial charge in [0.2, 0.25) is 0 Å². The highest BCUT2D eigenvalue weighted by Crippen LogP contribution is 2.33. The molecule has 2 N–H and O–H groups in total. The van der Waals surface area contributed by atoms with Crippen LogP contribution in [0.2, 0.25) is 0 Å². The third kappa shape index (κ3) is 3.76. The lowest BCUT2D eigenvalue weighted by Crippen LogP contribution is -2.37. The predicted molar refractivity (Wildman–Crippen MR) is 60.2 cm³/mol. The minimum atomic E-state index is -0.766. The van der Waals surface area contributed by atoms with Crippen LogP contribution in [-0.4, -0.2) is 35.5 Å². The maximum absolute atomic E-state index is 11.0. The second-order valence-electron chi connectivity index (χ2n) is 4.55. The third-order valence-corrected chi connectivity index (χ3v) is 3.34. The zero-order chi connectivity index (χ0) is 12.0. The van der Waals surface area contributed by atoms with Crippen molar-refractivity contribution >= 4 is 5.97 Å². The molecule has 4 heteroatoms. The Bertz CT molecular complexity index is 217. The van der Waals surface area contributed by atoms with Crippen LogP contribution in [-0.2, 0) is 9.53 Å². The average Bonchev–Trinajstić information content (AvgIpc) is 2.26. The van der Waals surface area contributed by atoms with E-state index in [0.717, 1.165) is 25.7 Å².